The molecule has 0 aliphatic heterocycles. The maximum absolute atomic E-state index is 13.1. The van der Waals surface area contributed by atoms with Crippen LogP contribution in [0.1, 0.15) is 63.8 Å². The van der Waals surface area contributed by atoms with Crippen molar-refractivity contribution in [2.75, 3.05) is 24.9 Å². The molecule has 9 rings (SSSR count). The molecule has 9 aromatic rings. The number of hydrogen-bond donors (Lipinski definition) is 0. The van der Waals surface area contributed by atoms with Gasteiger partial charge in [-0.05, 0) is 106 Å². The molecule has 9 aromatic carbocycles. The number of methoxy groups -OCH3 is 2. The fourth-order valence-electron chi connectivity index (χ4n) is 8.94. The van der Waals surface area contributed by atoms with E-state index in [0.29, 0.717) is 57.3 Å². The number of isocyanates is 2. The van der Waals surface area contributed by atoms with Crippen molar-refractivity contribution in [1.29, 1.82) is 0 Å². The summed E-state index contributed by atoms with van der Waals surface area (Å²) in [7, 11) is -1.92. The van der Waals surface area contributed by atoms with E-state index in [1.807, 2.05) is 77.9 Å². The number of rotatable bonds is 13. The van der Waals surface area contributed by atoms with Gasteiger partial charge in [-0.25, -0.2) is 0 Å². The SMILES string of the molecule is COc1cc(C=Nc2ccccc2N=Cc2cc(OC)cc(C(C)(C)C)c2[O-])c([O-])c(C(C)(C)C)c1.ClCCl.ClCCl.[Cr+5].[N-]=C=O.[N-]=C=O.[c-]1ccccc1[P+](N=P(c1ccccc1)(c1ccccc1)c1ccccc1)(c1ccccc1)c1ccccc1. The van der Waals surface area contributed by atoms with Crippen LogP contribution < -0.4 is 51.5 Å². The quantitative estimate of drug-likeness (QED) is 0.0364. The molecule has 0 aromatic heterocycles. The van der Waals surface area contributed by atoms with Gasteiger partial charge in [-0.1, -0.05) is 193 Å². The third-order valence-corrected chi connectivity index (χ3v) is 21.1. The van der Waals surface area contributed by atoms with E-state index in [4.69, 9.17) is 80.8 Å². The van der Waals surface area contributed by atoms with Crippen LogP contribution in [0.4, 0.5) is 11.4 Å². The van der Waals surface area contributed by atoms with E-state index in [2.05, 4.69) is 180 Å². The second-order valence-corrected chi connectivity index (χ2v) is 28.3. The molecule has 0 atom stereocenters. The Morgan fingerprint density at radius 2 is 0.807 bits per heavy atom. The average molecular weight is 1330 g/mol. The van der Waals surface area contributed by atoms with Crippen molar-refractivity contribution >= 4 is 129 Å². The summed E-state index contributed by atoms with van der Waals surface area (Å²) < 4.78 is 17.2. The van der Waals surface area contributed by atoms with Gasteiger partial charge in [0.05, 0.1) is 36.3 Å². The third kappa shape index (κ3) is 20.6. The number of aliphatic imine (C=N–C) groups is 2. The predicted molar refractivity (Wildman–Crippen MR) is 366 cm³/mol. The predicted octanol–water partition coefficient (Wildman–Crippen LogP) is 15.4. The van der Waals surface area contributed by atoms with E-state index in [1.165, 1.54) is 39.0 Å². The molecular weight excluding hydrogens is 1260 g/mol. The zero-order chi connectivity index (χ0) is 63.9. The molecule has 0 heterocycles. The minimum Gasteiger partial charge on any atom is -0.872 e. The monoisotopic (exact) mass is 1330 g/mol. The maximum Gasteiger partial charge on any atom is 5.00 e. The van der Waals surface area contributed by atoms with Gasteiger partial charge in [0.2, 0.25) is 7.41 Å². The minimum atomic E-state index is -2.55. The van der Waals surface area contributed by atoms with Gasteiger partial charge in [0.15, 0.2) is 0 Å². The van der Waals surface area contributed by atoms with E-state index in [9.17, 15) is 10.2 Å². The molecule has 0 N–H and O–H groups in total. The van der Waals surface area contributed by atoms with Gasteiger partial charge in [0.1, 0.15) is 29.2 Å². The second kappa shape index (κ2) is 38.1. The van der Waals surface area contributed by atoms with Crippen molar-refractivity contribution in [3.05, 3.63) is 264 Å². The minimum absolute atomic E-state index is 0. The fourth-order valence-corrected chi connectivity index (χ4v) is 18.3. The molecule has 0 amide bonds. The van der Waals surface area contributed by atoms with Gasteiger partial charge in [0.25, 0.3) is 0 Å². The zero-order valence-corrected chi connectivity index (χ0v) is 56.0. The summed E-state index contributed by atoms with van der Waals surface area (Å²) in [5.74, 6) is 1.02. The first kappa shape index (κ1) is 74.9. The Bertz CT molecular complexity index is 3410. The van der Waals surface area contributed by atoms with Gasteiger partial charge in [-0.3, -0.25) is 19.6 Å². The van der Waals surface area contributed by atoms with E-state index in [0.717, 1.165) is 5.30 Å². The third-order valence-electron chi connectivity index (χ3n) is 12.8. The Labute approximate surface area is 549 Å². The smallest absolute Gasteiger partial charge is 0.872 e. The number of para-hydroxylation sites is 2. The molecule has 11 nitrogen and oxygen atoms in total. The number of carbonyl (C=O) groups excluding carboxylic acids is 2. The molecule has 1 radical (unpaired) electrons. The van der Waals surface area contributed by atoms with Crippen molar-refractivity contribution in [3.8, 4) is 23.0 Å². The Kier molecular flexibility index (Phi) is 32.4. The van der Waals surface area contributed by atoms with E-state index < -0.39 is 14.5 Å². The first-order valence-electron chi connectivity index (χ1n) is 26.9. The molecule has 88 heavy (non-hydrogen) atoms. The van der Waals surface area contributed by atoms with Crippen LogP contribution in [0, 0.1) is 6.07 Å². The van der Waals surface area contributed by atoms with Crippen molar-refractivity contribution in [2.45, 2.75) is 52.4 Å². The summed E-state index contributed by atoms with van der Waals surface area (Å²) in [5.41, 5.74) is 2.64. The van der Waals surface area contributed by atoms with Crippen LogP contribution in [-0.4, -0.2) is 49.5 Å². The fraction of sp³-hybridized carbons (Fsp3) is 0.171. The van der Waals surface area contributed by atoms with Crippen molar-refractivity contribution in [1.82, 2.24) is 0 Å². The van der Waals surface area contributed by atoms with Crippen molar-refractivity contribution in [2.24, 2.45) is 14.5 Å². The largest absolute Gasteiger partial charge is 5.00 e. The Morgan fingerprint density at radius 3 is 1.09 bits per heavy atom. The number of nitrogens with zero attached hydrogens (tertiary/aromatic N) is 5. The Hall–Kier alpha value is -7.37. The molecule has 0 aliphatic rings. The first-order chi connectivity index (χ1) is 41.8. The second-order valence-electron chi connectivity index (χ2n) is 20.4. The number of halogens is 4. The maximum atomic E-state index is 13.1. The molecule has 0 bridgehead atoms. The topological polar surface area (TPSA) is 180 Å². The molecule has 0 spiro atoms. The van der Waals surface area contributed by atoms with Crippen LogP contribution in [0.15, 0.2) is 239 Å². The summed E-state index contributed by atoms with van der Waals surface area (Å²) in [5, 5.41) is 47.4. The first-order valence-corrected chi connectivity index (χ1v) is 32.5. The van der Waals surface area contributed by atoms with Gasteiger partial charge in [0, 0.05) is 33.6 Å². The molecule has 0 fully saturated rings. The Balaban J connectivity index is 0.000000388. The van der Waals surface area contributed by atoms with Crippen LogP contribution in [0.25, 0.3) is 10.8 Å². The van der Waals surface area contributed by atoms with Gasteiger partial charge < -0.3 is 30.5 Å². The van der Waals surface area contributed by atoms with E-state index >= 15 is 0 Å². The Morgan fingerprint density at radius 1 is 0.511 bits per heavy atom. The normalized spacial score (nSPS) is 10.8. The zero-order valence-electron chi connectivity index (χ0n) is 49.9. The summed E-state index contributed by atoms with van der Waals surface area (Å²) in [4.78, 5) is 25.6. The number of hydrogen-bond acceptors (Lipinski definition) is 9. The average Bonchev–Trinajstić information content (AvgIpc) is 0.734. The van der Waals surface area contributed by atoms with Crippen molar-refractivity contribution < 1.29 is 46.6 Å². The van der Waals surface area contributed by atoms with Crippen LogP contribution in [0.5, 0.6) is 23.0 Å². The molecular formula is C70H67Cl4CrN5O6P2+. The van der Waals surface area contributed by atoms with Gasteiger partial charge in [-0.15, -0.1) is 63.1 Å². The van der Waals surface area contributed by atoms with Gasteiger partial charge >= 0.3 is 17.4 Å². The standard InChI is InChI=1S/C36H29NP2.C30H36N2O4.2CH2Cl2.2CNO.Cr/c1-7-19-31(20-8-1)38(32-21-9-2-10-22-32,33-23-11-3-12-24-33)37-39(34-25-13-4-14-26-34,35-27-15-5-16-28-35)36-29-17-6-18-30-36;1-29(2,3)23-15-21(35-7)13-19(27(23)33)17-31-25-11-9-10-12-26(25)32-18-20-14-22(36-8)16-24(28(20)34)30(4,5)6;4*2-1-3;/h1-29H;9-18,33-34H,1-8H3;2*1H2;;;/q;;;;2*-1;+5/p-2. The number of alkyl halides is 4. The number of benzene rings is 9. The molecule has 18 heteroatoms. The molecule has 0 aliphatic carbocycles. The number of ether oxygens (including phenoxy) is 2. The van der Waals surface area contributed by atoms with Crippen molar-refractivity contribution in [3.63, 3.8) is 0 Å². The molecule has 451 valence electrons. The van der Waals surface area contributed by atoms with E-state index in [-0.39, 0.29) is 50.4 Å². The summed E-state index contributed by atoms with van der Waals surface area (Å²) >= 11 is 19.1. The molecule has 0 unspecified atom stereocenters. The molecule has 0 saturated carbocycles. The summed E-state index contributed by atoms with van der Waals surface area (Å²) in [6.45, 7) is 11.9. The van der Waals surface area contributed by atoms with E-state index in [1.54, 1.807) is 38.5 Å². The van der Waals surface area contributed by atoms with Crippen LogP contribution in [0.3, 0.4) is 0 Å². The van der Waals surface area contributed by atoms with Crippen LogP contribution >= 0.6 is 60.9 Å². The summed E-state index contributed by atoms with van der Waals surface area (Å²) in [6.07, 6.45) is 4.08. The summed E-state index contributed by atoms with van der Waals surface area (Å²) in [6, 6.07) is 80.7. The van der Waals surface area contributed by atoms with Gasteiger partial charge in [-0.2, -0.15) is 18.2 Å². The van der Waals surface area contributed by atoms with Crippen LogP contribution in [-0.2, 0) is 37.8 Å². The molecule has 0 saturated heterocycles. The van der Waals surface area contributed by atoms with Crippen LogP contribution in [0.2, 0.25) is 0 Å².